The fraction of sp³-hybridized carbons (Fsp3) is 0.381. The first-order valence-electron chi connectivity index (χ1n) is 17.5. The number of hydrogen-bond acceptors (Lipinski definition) is 8. The fourth-order valence-electron chi connectivity index (χ4n) is 5.42. The summed E-state index contributed by atoms with van der Waals surface area (Å²) in [5.41, 5.74) is 2.34. The van der Waals surface area contributed by atoms with Crippen LogP contribution in [0.5, 0.6) is 11.5 Å². The summed E-state index contributed by atoms with van der Waals surface area (Å²) in [6.45, 7) is 11.8. The van der Waals surface area contributed by atoms with Gasteiger partial charge in [-0.3, -0.25) is 0 Å². The Morgan fingerprint density at radius 1 is 0.519 bits per heavy atom. The van der Waals surface area contributed by atoms with Crippen molar-refractivity contribution in [1.29, 1.82) is 0 Å². The van der Waals surface area contributed by atoms with Crippen molar-refractivity contribution in [1.82, 2.24) is 10.6 Å². The first-order valence-corrected chi connectivity index (χ1v) is 17.5. The molecule has 4 unspecified atom stereocenters. The second-order valence-electron chi connectivity index (χ2n) is 14.7. The lowest BCUT2D eigenvalue weighted by molar-refractivity contribution is -0.0240. The van der Waals surface area contributed by atoms with Gasteiger partial charge in [-0.2, -0.15) is 0 Å². The smallest absolute Gasteiger partial charge is 0.407 e. The molecule has 4 aromatic carbocycles. The van der Waals surface area contributed by atoms with Crippen molar-refractivity contribution in [3.05, 3.63) is 131 Å². The molecule has 0 aliphatic carbocycles. The molecule has 0 fully saturated rings. The minimum Gasteiger partial charge on any atom is -0.488 e. The molecular formula is C42H52N2O8. The van der Waals surface area contributed by atoms with E-state index in [1.54, 1.807) is 0 Å². The van der Waals surface area contributed by atoms with Crippen molar-refractivity contribution in [3.8, 4) is 11.5 Å². The molecule has 4 atom stereocenters. The molecule has 0 radical (unpaired) electrons. The lowest BCUT2D eigenvalue weighted by atomic mass is 9.91. The molecule has 0 heterocycles. The van der Waals surface area contributed by atoms with Crippen molar-refractivity contribution in [2.45, 2.75) is 103 Å². The number of ether oxygens (including phenoxy) is 4. The van der Waals surface area contributed by atoms with Crippen molar-refractivity contribution in [2.24, 2.45) is 0 Å². The summed E-state index contributed by atoms with van der Waals surface area (Å²) in [4.78, 5) is 26.2. The van der Waals surface area contributed by atoms with E-state index in [-0.39, 0.29) is 26.1 Å². The molecule has 0 aromatic heterocycles. The van der Waals surface area contributed by atoms with E-state index in [2.05, 4.69) is 10.6 Å². The number of carbonyl (C=O) groups excluding carboxylic acids is 2. The van der Waals surface area contributed by atoms with E-state index in [1.807, 2.05) is 151 Å². The Morgan fingerprint density at radius 2 is 0.846 bits per heavy atom. The van der Waals surface area contributed by atoms with Crippen LogP contribution in [0.25, 0.3) is 0 Å². The molecule has 52 heavy (non-hydrogen) atoms. The van der Waals surface area contributed by atoms with Crippen molar-refractivity contribution < 1.29 is 38.7 Å². The number of aliphatic hydroxyl groups excluding tert-OH is 2. The SMILES string of the molecule is CC(C)(C)Oc1ccc(CC(NC(=O)OCc2ccccc2)C(O)C(O)C(Cc2ccc(OC(C)(C)C)cc2)NC(=O)OCc2ccccc2)cc1. The number of rotatable bonds is 15. The summed E-state index contributed by atoms with van der Waals surface area (Å²) in [5, 5.41) is 29.0. The summed E-state index contributed by atoms with van der Waals surface area (Å²) in [6.07, 6.45) is -4.35. The third-order valence-corrected chi connectivity index (χ3v) is 7.81. The van der Waals surface area contributed by atoms with Crippen molar-refractivity contribution >= 4 is 12.2 Å². The predicted octanol–water partition coefficient (Wildman–Crippen LogP) is 7.14. The molecule has 0 bridgehead atoms. The van der Waals surface area contributed by atoms with Gasteiger partial charge in [-0.05, 0) is 101 Å². The zero-order chi connectivity index (χ0) is 37.7. The van der Waals surface area contributed by atoms with Crippen LogP contribution >= 0.6 is 0 Å². The molecule has 10 nitrogen and oxygen atoms in total. The van der Waals surface area contributed by atoms with Gasteiger partial charge >= 0.3 is 12.2 Å². The maximum absolute atomic E-state index is 13.1. The highest BCUT2D eigenvalue weighted by Gasteiger charge is 2.35. The van der Waals surface area contributed by atoms with Crippen LogP contribution in [0.2, 0.25) is 0 Å². The minimum atomic E-state index is -1.54. The van der Waals surface area contributed by atoms with E-state index in [4.69, 9.17) is 18.9 Å². The molecule has 0 aliphatic heterocycles. The Hall–Kier alpha value is -5.06. The van der Waals surface area contributed by atoms with Crippen molar-refractivity contribution in [2.75, 3.05) is 0 Å². The number of alkyl carbamates (subject to hydrolysis) is 2. The number of nitrogens with one attached hydrogen (secondary N) is 2. The molecule has 4 aromatic rings. The Bertz CT molecular complexity index is 1540. The maximum atomic E-state index is 13.1. The monoisotopic (exact) mass is 712 g/mol. The number of hydrogen-bond donors (Lipinski definition) is 4. The molecule has 10 heteroatoms. The molecule has 0 saturated heterocycles. The highest BCUT2D eigenvalue weighted by Crippen LogP contribution is 2.23. The fourth-order valence-corrected chi connectivity index (χ4v) is 5.42. The number of benzene rings is 4. The van der Waals surface area contributed by atoms with Crippen LogP contribution in [-0.4, -0.2) is 57.9 Å². The van der Waals surface area contributed by atoms with Crippen LogP contribution in [0, 0.1) is 0 Å². The standard InChI is InChI=1S/C42H52N2O8/c1-41(2,3)51-33-21-17-29(18-22-33)25-35(43-39(47)49-27-31-13-9-7-10-14-31)37(45)38(46)36(44-40(48)50-28-32-15-11-8-12-16-32)26-30-19-23-34(24-20-30)52-42(4,5)6/h7-24,35-38,45-46H,25-28H2,1-6H3,(H,43,47)(H,44,48). The lowest BCUT2D eigenvalue weighted by Crippen LogP contribution is -2.57. The molecule has 4 N–H and O–H groups in total. The number of aliphatic hydroxyl groups is 2. The number of carbonyl (C=O) groups is 2. The molecule has 2 amide bonds. The quantitative estimate of drug-likeness (QED) is 0.102. The molecule has 0 saturated carbocycles. The van der Waals surface area contributed by atoms with Crippen LogP contribution in [-0.2, 0) is 35.5 Å². The summed E-state index contributed by atoms with van der Waals surface area (Å²) in [5.74, 6) is 1.33. The normalized spacial score (nSPS) is 13.9. The molecule has 4 rings (SSSR count). The van der Waals surface area contributed by atoms with Crippen molar-refractivity contribution in [3.63, 3.8) is 0 Å². The zero-order valence-corrected chi connectivity index (χ0v) is 30.9. The van der Waals surface area contributed by atoms with Crippen LogP contribution < -0.4 is 20.1 Å². The van der Waals surface area contributed by atoms with Gasteiger partial charge in [-0.15, -0.1) is 0 Å². The van der Waals surface area contributed by atoms with E-state index in [0.29, 0.717) is 11.5 Å². The topological polar surface area (TPSA) is 136 Å². The van der Waals surface area contributed by atoms with Crippen LogP contribution in [0.3, 0.4) is 0 Å². The molecule has 278 valence electrons. The second-order valence-corrected chi connectivity index (χ2v) is 14.7. The van der Waals surface area contributed by atoms with E-state index >= 15 is 0 Å². The summed E-state index contributed by atoms with van der Waals surface area (Å²) in [6, 6.07) is 31.0. The third kappa shape index (κ3) is 13.9. The van der Waals surface area contributed by atoms with Gasteiger partial charge in [0, 0.05) is 0 Å². The third-order valence-electron chi connectivity index (χ3n) is 7.81. The van der Waals surface area contributed by atoms with Gasteiger partial charge in [0.05, 0.1) is 12.1 Å². The Kier molecular flexibility index (Phi) is 14.1. The highest BCUT2D eigenvalue weighted by molar-refractivity contribution is 5.68. The van der Waals surface area contributed by atoms with E-state index in [9.17, 15) is 19.8 Å². The average Bonchev–Trinajstić information content (AvgIpc) is 3.10. The van der Waals surface area contributed by atoms with Gasteiger partial charge in [-0.25, -0.2) is 9.59 Å². The lowest BCUT2D eigenvalue weighted by Gasteiger charge is -2.32. The molecule has 0 aliphatic rings. The molecular weight excluding hydrogens is 660 g/mol. The van der Waals surface area contributed by atoms with E-state index < -0.39 is 47.7 Å². The van der Waals surface area contributed by atoms with Gasteiger partial charge in [0.25, 0.3) is 0 Å². The Morgan fingerprint density at radius 3 is 1.15 bits per heavy atom. The Labute approximate surface area is 307 Å². The first kappa shape index (κ1) is 39.7. The first-order chi connectivity index (χ1) is 24.6. The largest absolute Gasteiger partial charge is 0.488 e. The molecule has 0 spiro atoms. The predicted molar refractivity (Wildman–Crippen MR) is 200 cm³/mol. The summed E-state index contributed by atoms with van der Waals surface area (Å²) in [7, 11) is 0. The average molecular weight is 713 g/mol. The van der Waals surface area contributed by atoms with Crippen LogP contribution in [0.15, 0.2) is 109 Å². The summed E-state index contributed by atoms with van der Waals surface area (Å²) >= 11 is 0. The minimum absolute atomic E-state index is 0.0171. The maximum Gasteiger partial charge on any atom is 0.407 e. The zero-order valence-electron chi connectivity index (χ0n) is 30.9. The Balaban J connectivity index is 1.55. The van der Waals surface area contributed by atoms with E-state index in [0.717, 1.165) is 22.3 Å². The van der Waals surface area contributed by atoms with Gasteiger partial charge in [0.15, 0.2) is 0 Å². The van der Waals surface area contributed by atoms with Gasteiger partial charge in [-0.1, -0.05) is 84.9 Å². The van der Waals surface area contributed by atoms with Gasteiger partial charge in [0.2, 0.25) is 0 Å². The van der Waals surface area contributed by atoms with Gasteiger partial charge in [0.1, 0.15) is 48.1 Å². The summed E-state index contributed by atoms with van der Waals surface area (Å²) < 4.78 is 22.9. The second kappa shape index (κ2) is 18.4. The van der Waals surface area contributed by atoms with Crippen LogP contribution in [0.4, 0.5) is 9.59 Å². The number of amides is 2. The highest BCUT2D eigenvalue weighted by atomic mass is 16.6. The van der Waals surface area contributed by atoms with E-state index in [1.165, 1.54) is 0 Å². The van der Waals surface area contributed by atoms with Gasteiger partial charge < -0.3 is 39.8 Å². The van der Waals surface area contributed by atoms with Crippen LogP contribution in [0.1, 0.15) is 63.8 Å².